The summed E-state index contributed by atoms with van der Waals surface area (Å²) in [7, 11) is 1.70. The van der Waals surface area contributed by atoms with E-state index in [-0.39, 0.29) is 23.3 Å². The van der Waals surface area contributed by atoms with Crippen LogP contribution in [0.2, 0.25) is 0 Å². The highest BCUT2D eigenvalue weighted by molar-refractivity contribution is 7.99. The van der Waals surface area contributed by atoms with Crippen molar-refractivity contribution < 1.29 is 4.79 Å². The van der Waals surface area contributed by atoms with Crippen LogP contribution < -0.4 is 10.9 Å². The quantitative estimate of drug-likeness (QED) is 0.468. The number of aryl methyl sites for hydroxylation is 1. The van der Waals surface area contributed by atoms with Crippen molar-refractivity contribution in [2.75, 3.05) is 5.75 Å². The van der Waals surface area contributed by atoms with Gasteiger partial charge in [0.25, 0.3) is 5.56 Å². The molecule has 0 radical (unpaired) electrons. The standard InChI is InChI=1S/C23H27N3O2S/c1-15(2)12-20(17-8-6-5-7-9-17)24-21(27)14-29-23-25-19-11-10-16(3)13-18(19)22(28)26(23)4/h5-11,13,15,20H,12,14H2,1-4H3,(H,24,27). The second kappa shape index (κ2) is 9.27. The van der Waals surface area contributed by atoms with Gasteiger partial charge in [0.15, 0.2) is 5.16 Å². The van der Waals surface area contributed by atoms with Gasteiger partial charge >= 0.3 is 0 Å². The topological polar surface area (TPSA) is 64.0 Å². The number of aromatic nitrogens is 2. The van der Waals surface area contributed by atoms with Crippen LogP contribution in [-0.4, -0.2) is 21.2 Å². The largest absolute Gasteiger partial charge is 0.349 e. The van der Waals surface area contributed by atoms with Crippen LogP contribution in [0.25, 0.3) is 10.9 Å². The van der Waals surface area contributed by atoms with E-state index in [4.69, 9.17) is 0 Å². The molecule has 0 saturated heterocycles. The second-order valence-corrected chi connectivity index (χ2v) is 8.67. The molecule has 1 unspecified atom stereocenters. The molecule has 0 aliphatic rings. The van der Waals surface area contributed by atoms with Gasteiger partial charge in [0.05, 0.1) is 22.7 Å². The van der Waals surface area contributed by atoms with E-state index < -0.39 is 0 Å². The van der Waals surface area contributed by atoms with E-state index in [2.05, 4.69) is 24.1 Å². The van der Waals surface area contributed by atoms with E-state index in [1.54, 1.807) is 7.05 Å². The molecule has 29 heavy (non-hydrogen) atoms. The fourth-order valence-electron chi connectivity index (χ4n) is 3.29. The summed E-state index contributed by atoms with van der Waals surface area (Å²) in [6, 6.07) is 15.6. The highest BCUT2D eigenvalue weighted by Gasteiger charge is 2.17. The Morgan fingerprint density at radius 3 is 2.59 bits per heavy atom. The predicted molar refractivity (Wildman–Crippen MR) is 119 cm³/mol. The third kappa shape index (κ3) is 5.26. The zero-order valence-electron chi connectivity index (χ0n) is 17.3. The summed E-state index contributed by atoms with van der Waals surface area (Å²) in [5.41, 5.74) is 2.69. The summed E-state index contributed by atoms with van der Waals surface area (Å²) in [5, 5.41) is 4.28. The molecular formula is C23H27N3O2S. The summed E-state index contributed by atoms with van der Waals surface area (Å²) >= 11 is 1.28. The van der Waals surface area contributed by atoms with Gasteiger partial charge in [-0.05, 0) is 37.0 Å². The molecule has 1 heterocycles. The molecule has 3 rings (SSSR count). The lowest BCUT2D eigenvalue weighted by molar-refractivity contribution is -0.119. The Morgan fingerprint density at radius 2 is 1.90 bits per heavy atom. The monoisotopic (exact) mass is 409 g/mol. The third-order valence-electron chi connectivity index (χ3n) is 4.77. The highest BCUT2D eigenvalue weighted by atomic mass is 32.2. The van der Waals surface area contributed by atoms with E-state index in [1.807, 2.05) is 55.5 Å². The lowest BCUT2D eigenvalue weighted by atomic mass is 9.97. The molecule has 0 fully saturated rings. The highest BCUT2D eigenvalue weighted by Crippen LogP contribution is 2.22. The lowest BCUT2D eigenvalue weighted by Crippen LogP contribution is -2.31. The number of thioether (sulfide) groups is 1. The van der Waals surface area contributed by atoms with Crippen LogP contribution in [0.15, 0.2) is 58.5 Å². The van der Waals surface area contributed by atoms with Gasteiger partial charge in [-0.1, -0.05) is 67.6 Å². The smallest absolute Gasteiger partial charge is 0.261 e. The Kier molecular flexibility index (Phi) is 6.75. The summed E-state index contributed by atoms with van der Waals surface area (Å²) in [5.74, 6) is 0.598. The van der Waals surface area contributed by atoms with Gasteiger partial charge in [0.1, 0.15) is 0 Å². The Morgan fingerprint density at radius 1 is 1.17 bits per heavy atom. The zero-order chi connectivity index (χ0) is 21.0. The first-order valence-electron chi connectivity index (χ1n) is 9.79. The maximum absolute atomic E-state index is 12.6. The maximum atomic E-state index is 12.6. The molecule has 5 nitrogen and oxygen atoms in total. The summed E-state index contributed by atoms with van der Waals surface area (Å²) in [6.45, 7) is 6.24. The minimum absolute atomic E-state index is 0.0272. The number of fused-ring (bicyclic) bond motifs is 1. The molecule has 1 atom stereocenters. The molecule has 0 aliphatic heterocycles. The van der Waals surface area contributed by atoms with Gasteiger partial charge in [-0.2, -0.15) is 0 Å². The number of nitrogens with zero attached hydrogens (tertiary/aromatic N) is 2. The van der Waals surface area contributed by atoms with Gasteiger partial charge in [0.2, 0.25) is 5.91 Å². The van der Waals surface area contributed by atoms with Crippen molar-refractivity contribution in [3.05, 3.63) is 70.0 Å². The molecule has 1 aromatic heterocycles. The van der Waals surface area contributed by atoms with Crippen molar-refractivity contribution in [2.24, 2.45) is 13.0 Å². The number of carbonyl (C=O) groups is 1. The molecule has 0 bridgehead atoms. The zero-order valence-corrected chi connectivity index (χ0v) is 18.1. The number of hydrogen-bond donors (Lipinski definition) is 1. The van der Waals surface area contributed by atoms with Crippen molar-refractivity contribution in [3.8, 4) is 0 Å². The van der Waals surface area contributed by atoms with Crippen LogP contribution in [0.3, 0.4) is 0 Å². The Hall–Kier alpha value is -2.60. The van der Waals surface area contributed by atoms with Crippen LogP contribution in [0, 0.1) is 12.8 Å². The fourth-order valence-corrected chi connectivity index (χ4v) is 4.08. The number of nitrogens with one attached hydrogen (secondary N) is 1. The molecule has 0 saturated carbocycles. The molecule has 6 heteroatoms. The van der Waals surface area contributed by atoms with Crippen molar-refractivity contribution >= 4 is 28.6 Å². The summed E-state index contributed by atoms with van der Waals surface area (Å²) in [6.07, 6.45) is 0.868. The van der Waals surface area contributed by atoms with Gasteiger partial charge < -0.3 is 5.32 Å². The van der Waals surface area contributed by atoms with E-state index >= 15 is 0 Å². The molecule has 152 valence electrons. The first kappa shape index (κ1) is 21.1. The van der Waals surface area contributed by atoms with E-state index in [0.29, 0.717) is 22.0 Å². The van der Waals surface area contributed by atoms with Gasteiger partial charge in [-0.3, -0.25) is 14.2 Å². The van der Waals surface area contributed by atoms with E-state index in [0.717, 1.165) is 17.5 Å². The number of rotatable bonds is 7. The van der Waals surface area contributed by atoms with Crippen LogP contribution >= 0.6 is 11.8 Å². The molecular weight excluding hydrogens is 382 g/mol. The Bertz CT molecular complexity index is 1060. The Balaban J connectivity index is 1.73. The molecule has 0 spiro atoms. The molecule has 0 aliphatic carbocycles. The molecule has 1 amide bonds. The van der Waals surface area contributed by atoms with E-state index in [1.165, 1.54) is 16.3 Å². The Labute approximate surface area is 175 Å². The predicted octanol–water partition coefficient (Wildman–Crippen LogP) is 4.24. The fraction of sp³-hybridized carbons (Fsp3) is 0.348. The summed E-state index contributed by atoms with van der Waals surface area (Å²) < 4.78 is 1.52. The molecule has 2 aromatic carbocycles. The number of hydrogen-bond acceptors (Lipinski definition) is 4. The van der Waals surface area contributed by atoms with Gasteiger partial charge in [0, 0.05) is 7.05 Å². The maximum Gasteiger partial charge on any atom is 0.261 e. The van der Waals surface area contributed by atoms with Crippen molar-refractivity contribution in [1.82, 2.24) is 14.9 Å². The molecule has 3 aromatic rings. The van der Waals surface area contributed by atoms with Crippen molar-refractivity contribution in [3.63, 3.8) is 0 Å². The average molecular weight is 410 g/mol. The minimum atomic E-state index is -0.0939. The first-order chi connectivity index (χ1) is 13.8. The van der Waals surface area contributed by atoms with Crippen LogP contribution in [-0.2, 0) is 11.8 Å². The van der Waals surface area contributed by atoms with Crippen LogP contribution in [0.5, 0.6) is 0 Å². The van der Waals surface area contributed by atoms with Crippen molar-refractivity contribution in [2.45, 2.75) is 38.4 Å². The van der Waals surface area contributed by atoms with E-state index in [9.17, 15) is 9.59 Å². The van der Waals surface area contributed by atoms with Crippen LogP contribution in [0.1, 0.15) is 37.4 Å². The number of benzene rings is 2. The first-order valence-corrected chi connectivity index (χ1v) is 10.8. The lowest BCUT2D eigenvalue weighted by Gasteiger charge is -2.21. The number of amides is 1. The minimum Gasteiger partial charge on any atom is -0.349 e. The van der Waals surface area contributed by atoms with Gasteiger partial charge in [-0.15, -0.1) is 0 Å². The van der Waals surface area contributed by atoms with Crippen LogP contribution in [0.4, 0.5) is 0 Å². The normalized spacial score (nSPS) is 12.3. The van der Waals surface area contributed by atoms with Crippen molar-refractivity contribution in [1.29, 1.82) is 0 Å². The third-order valence-corrected chi connectivity index (χ3v) is 5.80. The SMILES string of the molecule is Cc1ccc2nc(SCC(=O)NC(CC(C)C)c3ccccc3)n(C)c(=O)c2c1. The average Bonchev–Trinajstić information content (AvgIpc) is 2.70. The summed E-state index contributed by atoms with van der Waals surface area (Å²) in [4.78, 5) is 29.9. The molecule has 1 N–H and O–H groups in total. The number of carbonyl (C=O) groups excluding carboxylic acids is 1. The second-order valence-electron chi connectivity index (χ2n) is 7.73. The van der Waals surface area contributed by atoms with Gasteiger partial charge in [-0.25, -0.2) is 4.98 Å².